The van der Waals surface area contributed by atoms with Crippen molar-refractivity contribution in [1.29, 1.82) is 0 Å². The molecule has 1 aliphatic carbocycles. The molecule has 4 fully saturated rings. The molecule has 0 aromatic heterocycles. The number of hydrogen-bond acceptors (Lipinski definition) is 10. The number of carbonyl (C=O) groups is 3. The van der Waals surface area contributed by atoms with E-state index >= 15 is 0 Å². The van der Waals surface area contributed by atoms with Gasteiger partial charge >= 0.3 is 5.97 Å². The number of phenolic OH excluding ortho intramolecular Hbond substituents is 1. The summed E-state index contributed by atoms with van der Waals surface area (Å²) >= 11 is 0. The first-order chi connectivity index (χ1) is 16.0. The first-order valence-electron chi connectivity index (χ1n) is 11.5. The van der Waals surface area contributed by atoms with Gasteiger partial charge in [0.2, 0.25) is 17.2 Å². The minimum Gasteiger partial charge on any atom is -0.507 e. The topological polar surface area (TPSA) is 135 Å². The largest absolute Gasteiger partial charge is 0.507 e. The van der Waals surface area contributed by atoms with E-state index < -0.39 is 65.4 Å². The first-order valence-corrected chi connectivity index (χ1v) is 11.5. The monoisotopic (exact) mass is 473 g/mol. The zero-order valence-electron chi connectivity index (χ0n) is 19.3. The average molecular weight is 473 g/mol. The molecule has 1 aromatic carbocycles. The number of Topliss-reactive ketones (excluding diaryl/α,β-unsaturated/α-hetero) is 2. The van der Waals surface area contributed by atoms with Crippen molar-refractivity contribution in [3.05, 3.63) is 28.8 Å². The second kappa shape index (κ2) is 6.86. The van der Waals surface area contributed by atoms with Crippen LogP contribution >= 0.6 is 0 Å². The van der Waals surface area contributed by atoms with E-state index in [2.05, 4.69) is 0 Å². The van der Waals surface area contributed by atoms with E-state index in [1.54, 1.807) is 19.9 Å². The molecule has 0 radical (unpaired) electrons. The van der Waals surface area contributed by atoms with Gasteiger partial charge in [0.15, 0.2) is 11.7 Å². The SMILES string of the molecule is CC1OC2CC(=O)OC2C23OC12C(=O)c1c(O)ccc([C@H]2C[C@@H](N(C)C)[C@H](O)[C@@H](C)O2)c1C3=O. The van der Waals surface area contributed by atoms with Gasteiger partial charge in [-0.15, -0.1) is 0 Å². The Balaban J connectivity index is 1.50. The molecule has 10 heteroatoms. The highest BCUT2D eigenvalue weighted by Crippen LogP contribution is 2.66. The number of likely N-dealkylation sites (N-methyl/N-ethyl adjacent to an activating group) is 1. The molecule has 5 aliphatic rings. The van der Waals surface area contributed by atoms with Gasteiger partial charge in [-0.2, -0.15) is 0 Å². The number of benzene rings is 1. The second-order valence-electron chi connectivity index (χ2n) is 10.2. The van der Waals surface area contributed by atoms with Crippen molar-refractivity contribution in [1.82, 2.24) is 4.90 Å². The lowest BCUT2D eigenvalue weighted by Crippen LogP contribution is -2.63. The van der Waals surface area contributed by atoms with Crippen molar-refractivity contribution in [3.63, 3.8) is 0 Å². The highest BCUT2D eigenvalue weighted by Gasteiger charge is 2.90. The van der Waals surface area contributed by atoms with Crippen molar-refractivity contribution in [3.8, 4) is 5.75 Å². The number of aliphatic hydroxyl groups is 1. The fourth-order valence-corrected chi connectivity index (χ4v) is 6.49. The summed E-state index contributed by atoms with van der Waals surface area (Å²) in [6, 6.07) is 2.71. The van der Waals surface area contributed by atoms with Crippen LogP contribution in [-0.4, -0.2) is 94.5 Å². The molecule has 2 N–H and O–H groups in total. The summed E-state index contributed by atoms with van der Waals surface area (Å²) in [6.07, 6.45) is -4.07. The van der Waals surface area contributed by atoms with Gasteiger partial charge in [-0.05, 0) is 46.0 Å². The summed E-state index contributed by atoms with van der Waals surface area (Å²) < 4.78 is 23.4. The molecule has 9 atom stereocenters. The lowest BCUT2D eigenvalue weighted by Gasteiger charge is -2.43. The number of aliphatic hydroxyl groups excluding tert-OH is 1. The first kappa shape index (κ1) is 22.1. The Morgan fingerprint density at radius 1 is 1.03 bits per heavy atom. The predicted octanol–water partition coefficient (Wildman–Crippen LogP) is 0.523. The van der Waals surface area contributed by atoms with Gasteiger partial charge in [0, 0.05) is 11.6 Å². The number of ketones is 2. The van der Waals surface area contributed by atoms with Crippen LogP contribution in [0.15, 0.2) is 12.1 Å². The van der Waals surface area contributed by atoms with Crippen LogP contribution in [0, 0.1) is 0 Å². The minimum atomic E-state index is -1.69. The number of rotatable bonds is 2. The van der Waals surface area contributed by atoms with Crippen LogP contribution in [0.2, 0.25) is 0 Å². The normalized spacial score (nSPS) is 44.8. The zero-order valence-corrected chi connectivity index (χ0v) is 19.3. The van der Waals surface area contributed by atoms with Gasteiger partial charge in [-0.1, -0.05) is 6.07 Å². The van der Waals surface area contributed by atoms with Crippen molar-refractivity contribution in [2.45, 2.75) is 80.6 Å². The number of esters is 1. The van der Waals surface area contributed by atoms with Crippen molar-refractivity contribution < 1.29 is 43.5 Å². The Bertz CT molecular complexity index is 1130. The zero-order chi connectivity index (χ0) is 24.3. The molecule has 5 unspecified atom stereocenters. The van der Waals surface area contributed by atoms with Crippen LogP contribution in [0.4, 0.5) is 0 Å². The molecule has 0 bridgehead atoms. The van der Waals surface area contributed by atoms with Gasteiger partial charge in [-0.25, -0.2) is 0 Å². The van der Waals surface area contributed by atoms with Crippen LogP contribution in [0.25, 0.3) is 0 Å². The Labute approximate surface area is 195 Å². The van der Waals surface area contributed by atoms with Crippen LogP contribution in [0.1, 0.15) is 59.1 Å². The van der Waals surface area contributed by atoms with Crippen molar-refractivity contribution in [2.24, 2.45) is 0 Å². The number of carbonyl (C=O) groups excluding carboxylic acids is 3. The molecule has 4 saturated heterocycles. The van der Waals surface area contributed by atoms with Gasteiger partial charge in [0.25, 0.3) is 0 Å². The Hall–Kier alpha value is -2.37. The quantitative estimate of drug-likeness (QED) is 0.462. The summed E-state index contributed by atoms with van der Waals surface area (Å²) in [4.78, 5) is 42.0. The number of aromatic hydroxyl groups is 1. The fourth-order valence-electron chi connectivity index (χ4n) is 6.49. The van der Waals surface area contributed by atoms with Crippen molar-refractivity contribution >= 4 is 17.5 Å². The second-order valence-corrected chi connectivity index (χ2v) is 10.2. The Kier molecular flexibility index (Phi) is 4.46. The third kappa shape index (κ3) is 2.45. The molecule has 4 heterocycles. The van der Waals surface area contributed by atoms with E-state index in [1.165, 1.54) is 6.07 Å². The number of nitrogens with zero attached hydrogens (tertiary/aromatic N) is 1. The third-order valence-electron chi connectivity index (χ3n) is 8.21. The smallest absolute Gasteiger partial charge is 0.309 e. The molecule has 4 aliphatic heterocycles. The summed E-state index contributed by atoms with van der Waals surface area (Å²) in [7, 11) is 3.71. The number of phenols is 1. The Morgan fingerprint density at radius 3 is 2.44 bits per heavy atom. The van der Waals surface area contributed by atoms with E-state index in [4.69, 9.17) is 18.9 Å². The highest BCUT2D eigenvalue weighted by atomic mass is 16.7. The van der Waals surface area contributed by atoms with Crippen molar-refractivity contribution in [2.75, 3.05) is 14.1 Å². The summed E-state index contributed by atoms with van der Waals surface area (Å²) in [5, 5.41) is 21.3. The Morgan fingerprint density at radius 2 is 1.74 bits per heavy atom. The number of hydrogen-bond donors (Lipinski definition) is 2. The summed E-state index contributed by atoms with van der Waals surface area (Å²) in [5.74, 6) is -1.93. The standard InChI is InChI=1S/C24H27NO9/c1-9-19(28)12(25(3)4)7-14(31-9)11-5-6-13(26)18-17(11)20(29)24-22-15(8-16(27)33-22)32-10(2)23(24,34-24)21(18)30/h5-6,9-10,12,14-15,19,22,26,28H,7-8H2,1-4H3/t9-,10?,12-,14-,15?,19-,22?,23?,24?/m1/s1. The van der Waals surface area contributed by atoms with Gasteiger partial charge in [-0.3, -0.25) is 14.4 Å². The highest BCUT2D eigenvalue weighted by molar-refractivity contribution is 6.27. The maximum Gasteiger partial charge on any atom is 0.309 e. The fraction of sp³-hybridized carbons (Fsp3) is 0.625. The maximum absolute atomic E-state index is 14.2. The molecule has 0 amide bonds. The summed E-state index contributed by atoms with van der Waals surface area (Å²) in [6.45, 7) is 3.39. The number of fused-ring (bicyclic) bond motifs is 2. The number of epoxide rings is 1. The van der Waals surface area contributed by atoms with Crippen LogP contribution in [-0.2, 0) is 23.7 Å². The van der Waals surface area contributed by atoms with E-state index in [-0.39, 0.29) is 29.3 Å². The third-order valence-corrected chi connectivity index (χ3v) is 8.21. The summed E-state index contributed by atoms with van der Waals surface area (Å²) in [5.41, 5.74) is -3.00. The lowest BCUT2D eigenvalue weighted by molar-refractivity contribution is -0.146. The molecule has 1 aromatic rings. The average Bonchev–Trinajstić information content (AvgIpc) is 3.39. The molecule has 10 nitrogen and oxygen atoms in total. The molecule has 182 valence electrons. The van der Waals surface area contributed by atoms with E-state index in [0.717, 1.165) is 0 Å². The van der Waals surface area contributed by atoms with E-state index in [9.17, 15) is 24.6 Å². The van der Waals surface area contributed by atoms with Gasteiger partial charge in [0.05, 0.1) is 36.4 Å². The van der Waals surface area contributed by atoms with Gasteiger partial charge in [0.1, 0.15) is 11.9 Å². The molecular weight excluding hydrogens is 446 g/mol. The van der Waals surface area contributed by atoms with E-state index in [0.29, 0.717) is 12.0 Å². The van der Waals surface area contributed by atoms with Crippen LogP contribution < -0.4 is 0 Å². The maximum atomic E-state index is 14.2. The lowest BCUT2D eigenvalue weighted by atomic mass is 9.65. The van der Waals surface area contributed by atoms with Crippen LogP contribution in [0.3, 0.4) is 0 Å². The molecule has 0 saturated carbocycles. The predicted molar refractivity (Wildman–Crippen MR) is 114 cm³/mol. The van der Waals surface area contributed by atoms with Gasteiger partial charge < -0.3 is 34.1 Å². The molecule has 0 spiro atoms. The number of ether oxygens (including phenoxy) is 4. The molecular formula is C24H27NO9. The molecule has 6 rings (SSSR count). The van der Waals surface area contributed by atoms with E-state index in [1.807, 2.05) is 19.0 Å². The van der Waals surface area contributed by atoms with Crippen LogP contribution in [0.5, 0.6) is 5.75 Å². The minimum absolute atomic E-state index is 0.0247. The molecule has 34 heavy (non-hydrogen) atoms.